The molecular weight excluding hydrogens is 264 g/mol. The number of nitrogens with zero attached hydrogens (tertiary/aromatic N) is 2. The second kappa shape index (κ2) is 6.11. The largest absolute Gasteiger partial charge is 0.468 e. The van der Waals surface area contributed by atoms with Gasteiger partial charge < -0.3 is 14.1 Å². The molecule has 0 saturated carbocycles. The molecule has 0 unspecified atom stereocenters. The lowest BCUT2D eigenvalue weighted by molar-refractivity contribution is 0.0178. The number of furan rings is 1. The Hall–Kier alpha value is -0.840. The van der Waals surface area contributed by atoms with E-state index in [9.17, 15) is 0 Å². The van der Waals surface area contributed by atoms with Gasteiger partial charge in [0, 0.05) is 39.3 Å². The SMILES string of the molecule is c1coc(CN2C[C@H]3C[C@@H](C2)CN(C[C@@H]2CCOC2)C3)c1. The minimum atomic E-state index is 0.781. The van der Waals surface area contributed by atoms with E-state index in [1.54, 1.807) is 6.26 Å². The molecule has 4 nitrogen and oxygen atoms in total. The fraction of sp³-hybridized carbons (Fsp3) is 0.765. The van der Waals surface area contributed by atoms with Crippen LogP contribution < -0.4 is 0 Å². The maximum atomic E-state index is 5.52. The lowest BCUT2D eigenvalue weighted by atomic mass is 9.84. The molecular formula is C17H26N2O2. The average molecular weight is 290 g/mol. The van der Waals surface area contributed by atoms with Crippen molar-refractivity contribution < 1.29 is 9.15 Å². The summed E-state index contributed by atoms with van der Waals surface area (Å²) in [5.41, 5.74) is 0. The van der Waals surface area contributed by atoms with Crippen LogP contribution >= 0.6 is 0 Å². The first-order valence-corrected chi connectivity index (χ1v) is 8.40. The topological polar surface area (TPSA) is 28.9 Å². The number of rotatable bonds is 4. The molecule has 0 aromatic carbocycles. The highest BCUT2D eigenvalue weighted by atomic mass is 16.5. The van der Waals surface area contributed by atoms with E-state index in [0.29, 0.717) is 0 Å². The predicted octanol–water partition coefficient (Wildman–Crippen LogP) is 2.07. The van der Waals surface area contributed by atoms with Crippen LogP contribution in [-0.2, 0) is 11.3 Å². The van der Waals surface area contributed by atoms with Crippen molar-refractivity contribution >= 4 is 0 Å². The fourth-order valence-electron chi connectivity index (χ4n) is 4.49. The number of likely N-dealkylation sites (tertiary alicyclic amines) is 2. The third-order valence-electron chi connectivity index (χ3n) is 5.23. The summed E-state index contributed by atoms with van der Waals surface area (Å²) >= 11 is 0. The minimum absolute atomic E-state index is 0.781. The average Bonchev–Trinajstić information content (AvgIpc) is 3.11. The Kier molecular flexibility index (Phi) is 4.01. The molecule has 3 aliphatic rings. The van der Waals surface area contributed by atoms with Crippen molar-refractivity contribution in [3.05, 3.63) is 24.2 Å². The number of piperidine rings is 2. The van der Waals surface area contributed by atoms with Gasteiger partial charge >= 0.3 is 0 Å². The first kappa shape index (κ1) is 13.8. The van der Waals surface area contributed by atoms with Crippen LogP contribution in [0.3, 0.4) is 0 Å². The molecule has 0 radical (unpaired) electrons. The Bertz CT molecular complexity index is 428. The van der Waals surface area contributed by atoms with Gasteiger partial charge in [-0.15, -0.1) is 0 Å². The summed E-state index contributed by atoms with van der Waals surface area (Å²) in [6.45, 7) is 9.22. The van der Waals surface area contributed by atoms with Crippen LogP contribution in [0.5, 0.6) is 0 Å². The van der Waals surface area contributed by atoms with Gasteiger partial charge in [-0.05, 0) is 42.7 Å². The molecule has 0 amide bonds. The van der Waals surface area contributed by atoms with Crippen molar-refractivity contribution in [1.29, 1.82) is 0 Å². The van der Waals surface area contributed by atoms with Gasteiger partial charge in [0.1, 0.15) is 5.76 Å². The highest BCUT2D eigenvalue weighted by Gasteiger charge is 2.35. The molecule has 3 fully saturated rings. The summed E-state index contributed by atoms with van der Waals surface area (Å²) in [4.78, 5) is 5.30. The predicted molar refractivity (Wildman–Crippen MR) is 80.9 cm³/mol. The molecule has 4 rings (SSSR count). The van der Waals surface area contributed by atoms with Crippen LogP contribution in [0.4, 0.5) is 0 Å². The Balaban J connectivity index is 1.31. The van der Waals surface area contributed by atoms with Gasteiger partial charge in [0.2, 0.25) is 0 Å². The van der Waals surface area contributed by atoms with E-state index < -0.39 is 0 Å². The van der Waals surface area contributed by atoms with E-state index in [1.165, 1.54) is 45.6 Å². The fourth-order valence-corrected chi connectivity index (χ4v) is 4.49. The second-order valence-electron chi connectivity index (χ2n) is 7.19. The maximum absolute atomic E-state index is 5.52. The zero-order valence-electron chi connectivity index (χ0n) is 12.7. The summed E-state index contributed by atoms with van der Waals surface area (Å²) in [6, 6.07) is 4.09. The highest BCUT2D eigenvalue weighted by molar-refractivity contribution is 4.99. The molecule has 21 heavy (non-hydrogen) atoms. The summed E-state index contributed by atoms with van der Waals surface area (Å²) in [7, 11) is 0. The van der Waals surface area contributed by atoms with Crippen molar-refractivity contribution in [2.45, 2.75) is 19.4 Å². The molecule has 0 spiro atoms. The lowest BCUT2D eigenvalue weighted by Crippen LogP contribution is -2.53. The van der Waals surface area contributed by atoms with Crippen LogP contribution in [-0.4, -0.2) is 55.7 Å². The van der Waals surface area contributed by atoms with Crippen LogP contribution in [0.1, 0.15) is 18.6 Å². The Morgan fingerprint density at radius 1 is 1.10 bits per heavy atom. The molecule has 4 heterocycles. The normalized spacial score (nSPS) is 34.4. The molecule has 2 bridgehead atoms. The number of hydrogen-bond donors (Lipinski definition) is 0. The lowest BCUT2D eigenvalue weighted by Gasteiger charge is -2.46. The standard InChI is InChI=1S/C17H26N2O2/c1-2-17(21-4-1)12-19-10-15-6-16(11-19)9-18(8-15)7-14-3-5-20-13-14/h1-2,4,14-16H,3,5-13H2/t14-,15-,16+/m0/s1. The van der Waals surface area contributed by atoms with Gasteiger partial charge in [-0.25, -0.2) is 0 Å². The summed E-state index contributed by atoms with van der Waals surface area (Å²) in [5.74, 6) is 3.57. The Morgan fingerprint density at radius 2 is 1.90 bits per heavy atom. The van der Waals surface area contributed by atoms with Crippen LogP contribution in [0.25, 0.3) is 0 Å². The van der Waals surface area contributed by atoms with Gasteiger partial charge in [0.15, 0.2) is 0 Å². The van der Waals surface area contributed by atoms with Crippen molar-refractivity contribution in [3.63, 3.8) is 0 Å². The third-order valence-corrected chi connectivity index (χ3v) is 5.23. The van der Waals surface area contributed by atoms with Gasteiger partial charge in [-0.3, -0.25) is 4.90 Å². The van der Waals surface area contributed by atoms with Crippen molar-refractivity contribution in [3.8, 4) is 0 Å². The highest BCUT2D eigenvalue weighted by Crippen LogP contribution is 2.30. The third kappa shape index (κ3) is 3.33. The Labute approximate surface area is 127 Å². The van der Waals surface area contributed by atoms with Crippen molar-refractivity contribution in [1.82, 2.24) is 9.80 Å². The van der Waals surface area contributed by atoms with Gasteiger partial charge in [0.05, 0.1) is 19.4 Å². The first-order valence-electron chi connectivity index (χ1n) is 8.40. The maximum Gasteiger partial charge on any atom is 0.117 e. The molecule has 116 valence electrons. The van der Waals surface area contributed by atoms with Crippen molar-refractivity contribution in [2.24, 2.45) is 17.8 Å². The quantitative estimate of drug-likeness (QED) is 0.849. The summed E-state index contributed by atoms with van der Waals surface area (Å²) in [5, 5.41) is 0. The minimum Gasteiger partial charge on any atom is -0.468 e. The zero-order chi connectivity index (χ0) is 14.1. The first-order chi connectivity index (χ1) is 10.3. The number of fused-ring (bicyclic) bond motifs is 2. The monoisotopic (exact) mass is 290 g/mol. The molecule has 3 saturated heterocycles. The smallest absolute Gasteiger partial charge is 0.117 e. The van der Waals surface area contributed by atoms with Gasteiger partial charge in [0.25, 0.3) is 0 Å². The van der Waals surface area contributed by atoms with E-state index in [0.717, 1.165) is 43.3 Å². The molecule has 0 aliphatic carbocycles. The molecule has 3 aliphatic heterocycles. The van der Waals surface area contributed by atoms with E-state index >= 15 is 0 Å². The summed E-state index contributed by atoms with van der Waals surface area (Å²) in [6.07, 6.45) is 4.47. The van der Waals surface area contributed by atoms with E-state index in [1.807, 2.05) is 6.07 Å². The van der Waals surface area contributed by atoms with Crippen molar-refractivity contribution in [2.75, 3.05) is 45.9 Å². The molecule has 1 aromatic heterocycles. The van der Waals surface area contributed by atoms with Crippen LogP contribution in [0.15, 0.2) is 22.8 Å². The number of ether oxygens (including phenoxy) is 1. The molecule has 1 aromatic rings. The van der Waals surface area contributed by atoms with E-state index in [4.69, 9.17) is 9.15 Å². The van der Waals surface area contributed by atoms with E-state index in [-0.39, 0.29) is 0 Å². The molecule has 3 atom stereocenters. The molecule has 4 heteroatoms. The van der Waals surface area contributed by atoms with Gasteiger partial charge in [-0.1, -0.05) is 0 Å². The molecule has 0 N–H and O–H groups in total. The van der Waals surface area contributed by atoms with Gasteiger partial charge in [-0.2, -0.15) is 0 Å². The van der Waals surface area contributed by atoms with Crippen LogP contribution in [0, 0.1) is 17.8 Å². The Morgan fingerprint density at radius 3 is 2.57 bits per heavy atom. The van der Waals surface area contributed by atoms with Crippen LogP contribution in [0.2, 0.25) is 0 Å². The summed E-state index contributed by atoms with van der Waals surface area (Å²) < 4.78 is 11.0. The number of hydrogen-bond acceptors (Lipinski definition) is 4. The second-order valence-corrected chi connectivity index (χ2v) is 7.19. The zero-order valence-corrected chi connectivity index (χ0v) is 12.7. The van der Waals surface area contributed by atoms with E-state index in [2.05, 4.69) is 15.9 Å².